The Labute approximate surface area is 191 Å². The van der Waals surface area contributed by atoms with Crippen LogP contribution >= 0.6 is 0 Å². The number of nitrogens with one attached hydrogen (secondary N) is 1. The summed E-state index contributed by atoms with van der Waals surface area (Å²) in [5.41, 5.74) is 3.00. The van der Waals surface area contributed by atoms with E-state index in [9.17, 15) is 4.79 Å². The van der Waals surface area contributed by atoms with Crippen molar-refractivity contribution in [1.82, 2.24) is 9.97 Å². The highest BCUT2D eigenvalue weighted by Crippen LogP contribution is 2.39. The summed E-state index contributed by atoms with van der Waals surface area (Å²) in [7, 11) is 0. The average Bonchev–Trinajstić information content (AvgIpc) is 3.25. The maximum Gasteiger partial charge on any atom is 0.255 e. The first kappa shape index (κ1) is 22.1. The van der Waals surface area contributed by atoms with E-state index in [2.05, 4.69) is 15.3 Å². The van der Waals surface area contributed by atoms with E-state index in [1.54, 1.807) is 42.7 Å². The highest BCUT2D eigenvalue weighted by Gasteiger charge is 2.19. The number of fused-ring (bicyclic) bond motifs is 1. The Hall–Kier alpha value is -4.07. The van der Waals surface area contributed by atoms with Crippen LogP contribution < -0.4 is 19.5 Å². The third kappa shape index (κ3) is 4.90. The molecule has 0 atom stereocenters. The second kappa shape index (κ2) is 10.0. The molecular weight excluding hydrogens is 422 g/mol. The number of rotatable bonds is 9. The largest absolute Gasteiger partial charge is 0.490 e. The van der Waals surface area contributed by atoms with Crippen molar-refractivity contribution in [3.63, 3.8) is 0 Å². The van der Waals surface area contributed by atoms with Gasteiger partial charge in [0, 0.05) is 23.6 Å². The van der Waals surface area contributed by atoms with Crippen LogP contribution in [0.4, 0.5) is 5.69 Å². The molecule has 8 nitrogen and oxygen atoms in total. The molecule has 0 unspecified atom stereocenters. The third-order valence-electron chi connectivity index (χ3n) is 4.73. The van der Waals surface area contributed by atoms with Crippen LogP contribution in [-0.4, -0.2) is 35.7 Å². The molecule has 170 valence electrons. The van der Waals surface area contributed by atoms with Gasteiger partial charge in [0.15, 0.2) is 17.1 Å². The van der Waals surface area contributed by atoms with Gasteiger partial charge >= 0.3 is 0 Å². The first-order chi connectivity index (χ1) is 16.1. The summed E-state index contributed by atoms with van der Waals surface area (Å²) in [6.07, 6.45) is 3.37. The Morgan fingerprint density at radius 1 is 0.970 bits per heavy atom. The van der Waals surface area contributed by atoms with Crippen LogP contribution in [0.25, 0.3) is 22.6 Å². The summed E-state index contributed by atoms with van der Waals surface area (Å²) >= 11 is 0. The summed E-state index contributed by atoms with van der Waals surface area (Å²) in [5, 5.41) is 2.90. The second-order valence-corrected chi connectivity index (χ2v) is 7.00. The number of benzene rings is 2. The number of hydrogen-bond acceptors (Lipinski definition) is 7. The van der Waals surface area contributed by atoms with Crippen LogP contribution in [0, 0.1) is 0 Å². The van der Waals surface area contributed by atoms with Crippen molar-refractivity contribution in [2.24, 2.45) is 0 Å². The smallest absolute Gasteiger partial charge is 0.255 e. The highest BCUT2D eigenvalue weighted by atomic mass is 16.5. The predicted molar refractivity (Wildman–Crippen MR) is 125 cm³/mol. The van der Waals surface area contributed by atoms with Crippen LogP contribution in [0.3, 0.4) is 0 Å². The minimum Gasteiger partial charge on any atom is -0.490 e. The molecule has 4 aromatic rings. The SMILES string of the molecule is CCOc1cc(C(=O)Nc2ccc3oc(-c4cccnc4)nc3c2)cc(OCC)c1OCC. The van der Waals surface area contributed by atoms with E-state index in [0.29, 0.717) is 65.3 Å². The molecule has 1 N–H and O–H groups in total. The van der Waals surface area contributed by atoms with Crippen LogP contribution in [0.5, 0.6) is 17.2 Å². The second-order valence-electron chi connectivity index (χ2n) is 7.00. The van der Waals surface area contributed by atoms with Crippen molar-refractivity contribution in [3.05, 3.63) is 60.4 Å². The number of hydrogen-bond donors (Lipinski definition) is 1. The first-order valence-electron chi connectivity index (χ1n) is 10.8. The summed E-state index contributed by atoms with van der Waals surface area (Å²) in [5.74, 6) is 1.57. The molecule has 33 heavy (non-hydrogen) atoms. The maximum absolute atomic E-state index is 13.0. The number of nitrogens with zero attached hydrogens (tertiary/aromatic N) is 2. The minimum atomic E-state index is -0.310. The molecule has 2 heterocycles. The fourth-order valence-electron chi connectivity index (χ4n) is 3.34. The Morgan fingerprint density at radius 3 is 2.33 bits per heavy atom. The van der Waals surface area contributed by atoms with Gasteiger partial charge in [0.2, 0.25) is 11.6 Å². The van der Waals surface area contributed by atoms with E-state index in [-0.39, 0.29) is 5.91 Å². The highest BCUT2D eigenvalue weighted by molar-refractivity contribution is 6.05. The van der Waals surface area contributed by atoms with Crippen LogP contribution in [0.1, 0.15) is 31.1 Å². The van der Waals surface area contributed by atoms with Crippen LogP contribution in [-0.2, 0) is 0 Å². The van der Waals surface area contributed by atoms with E-state index in [1.165, 1.54) is 0 Å². The van der Waals surface area contributed by atoms with Gasteiger partial charge in [-0.15, -0.1) is 0 Å². The lowest BCUT2D eigenvalue weighted by Crippen LogP contribution is -2.13. The number of aromatic nitrogens is 2. The summed E-state index contributed by atoms with van der Waals surface area (Å²) in [6.45, 7) is 6.93. The van der Waals surface area contributed by atoms with Crippen LogP contribution in [0.2, 0.25) is 0 Å². The number of anilines is 1. The third-order valence-corrected chi connectivity index (χ3v) is 4.73. The van der Waals surface area contributed by atoms with Crippen molar-refractivity contribution < 1.29 is 23.4 Å². The molecule has 0 spiro atoms. The average molecular weight is 447 g/mol. The molecule has 0 saturated carbocycles. The van der Waals surface area contributed by atoms with E-state index in [0.717, 1.165) is 5.56 Å². The maximum atomic E-state index is 13.0. The molecule has 0 radical (unpaired) electrons. The van der Waals surface area contributed by atoms with Gasteiger partial charge in [0.1, 0.15) is 5.52 Å². The summed E-state index contributed by atoms with van der Waals surface area (Å²) in [4.78, 5) is 21.7. The molecule has 8 heteroatoms. The van der Waals surface area contributed by atoms with Crippen molar-refractivity contribution in [3.8, 4) is 28.7 Å². The molecule has 0 aliphatic heterocycles. The minimum absolute atomic E-state index is 0.310. The molecular formula is C25H25N3O5. The molecule has 4 rings (SSSR count). The topological polar surface area (TPSA) is 95.7 Å². The normalized spacial score (nSPS) is 10.8. The quantitative estimate of drug-likeness (QED) is 0.370. The van der Waals surface area contributed by atoms with Gasteiger partial charge in [0.25, 0.3) is 5.91 Å². The van der Waals surface area contributed by atoms with Gasteiger partial charge in [-0.25, -0.2) is 4.98 Å². The van der Waals surface area contributed by atoms with E-state index in [1.807, 2.05) is 32.9 Å². The lowest BCUT2D eigenvalue weighted by atomic mass is 10.1. The lowest BCUT2D eigenvalue weighted by Gasteiger charge is -2.17. The number of carbonyl (C=O) groups is 1. The number of carbonyl (C=O) groups excluding carboxylic acids is 1. The standard InChI is InChI=1S/C25H25N3O5/c1-4-30-21-12-17(13-22(31-5-2)23(21)32-6-3)24(29)27-18-9-10-20-19(14-18)28-25(33-20)16-8-7-11-26-15-16/h7-15H,4-6H2,1-3H3,(H,27,29). The summed E-state index contributed by atoms with van der Waals surface area (Å²) < 4.78 is 22.9. The Morgan fingerprint density at radius 2 is 1.70 bits per heavy atom. The molecule has 2 aromatic carbocycles. The van der Waals surface area contributed by atoms with Gasteiger partial charge < -0.3 is 23.9 Å². The molecule has 2 aromatic heterocycles. The van der Waals surface area contributed by atoms with Crippen molar-refractivity contribution in [1.29, 1.82) is 0 Å². The zero-order chi connectivity index (χ0) is 23.2. The van der Waals surface area contributed by atoms with Crippen molar-refractivity contribution in [2.75, 3.05) is 25.1 Å². The van der Waals surface area contributed by atoms with E-state index < -0.39 is 0 Å². The van der Waals surface area contributed by atoms with Gasteiger partial charge in [-0.1, -0.05) is 0 Å². The molecule has 0 aliphatic rings. The fourth-order valence-corrected chi connectivity index (χ4v) is 3.34. The fraction of sp³-hybridized carbons (Fsp3) is 0.240. The van der Waals surface area contributed by atoms with Gasteiger partial charge in [-0.3, -0.25) is 9.78 Å². The molecule has 0 saturated heterocycles. The van der Waals surface area contributed by atoms with Gasteiger partial charge in [-0.2, -0.15) is 0 Å². The molecule has 0 aliphatic carbocycles. The number of amides is 1. The Kier molecular flexibility index (Phi) is 6.73. The van der Waals surface area contributed by atoms with Gasteiger partial charge in [-0.05, 0) is 63.2 Å². The first-order valence-corrected chi connectivity index (χ1v) is 10.8. The van der Waals surface area contributed by atoms with Crippen LogP contribution in [0.15, 0.2) is 59.3 Å². The molecule has 0 bridgehead atoms. The number of ether oxygens (including phenoxy) is 3. The molecule has 0 fully saturated rings. The van der Waals surface area contributed by atoms with E-state index in [4.69, 9.17) is 18.6 Å². The Bertz CT molecular complexity index is 1230. The lowest BCUT2D eigenvalue weighted by molar-refractivity contribution is 0.102. The number of oxazole rings is 1. The number of pyridine rings is 1. The van der Waals surface area contributed by atoms with Gasteiger partial charge in [0.05, 0.1) is 25.4 Å². The van der Waals surface area contributed by atoms with Crippen molar-refractivity contribution in [2.45, 2.75) is 20.8 Å². The Balaban J connectivity index is 1.61. The zero-order valence-corrected chi connectivity index (χ0v) is 18.8. The van der Waals surface area contributed by atoms with E-state index >= 15 is 0 Å². The molecule has 1 amide bonds. The summed E-state index contributed by atoms with van der Waals surface area (Å²) in [6, 6.07) is 12.3. The predicted octanol–water partition coefficient (Wildman–Crippen LogP) is 5.34. The van der Waals surface area contributed by atoms with Crippen molar-refractivity contribution >= 4 is 22.7 Å². The zero-order valence-electron chi connectivity index (χ0n) is 18.8. The monoisotopic (exact) mass is 447 g/mol.